The quantitative estimate of drug-likeness (QED) is 0.837. The number of hydrogen-bond donors (Lipinski definition) is 2. The van der Waals surface area contributed by atoms with Crippen LogP contribution in [0.1, 0.15) is 19.4 Å². The third-order valence-electron chi connectivity index (χ3n) is 4.42. The highest BCUT2D eigenvalue weighted by atomic mass is 32.2. The molecule has 0 atom stereocenters. The summed E-state index contributed by atoms with van der Waals surface area (Å²) >= 11 is 0. The Kier molecular flexibility index (Phi) is 4.31. The number of amides is 1. The first-order valence-corrected chi connectivity index (χ1v) is 9.38. The first-order chi connectivity index (χ1) is 12.2. The summed E-state index contributed by atoms with van der Waals surface area (Å²) in [6.45, 7) is 3.58. The van der Waals surface area contributed by atoms with E-state index in [0.717, 1.165) is 5.56 Å². The Morgan fingerprint density at radius 3 is 2.42 bits per heavy atom. The van der Waals surface area contributed by atoms with Gasteiger partial charge in [0.15, 0.2) is 0 Å². The summed E-state index contributed by atoms with van der Waals surface area (Å²) in [6.07, 6.45) is 0. The summed E-state index contributed by atoms with van der Waals surface area (Å²) in [7, 11) is -1.00. The lowest BCUT2D eigenvalue weighted by atomic mass is 9.86. The zero-order valence-corrected chi connectivity index (χ0v) is 15.7. The van der Waals surface area contributed by atoms with Crippen LogP contribution in [-0.2, 0) is 20.2 Å². The van der Waals surface area contributed by atoms with E-state index in [1.54, 1.807) is 38.1 Å². The van der Waals surface area contributed by atoms with Crippen molar-refractivity contribution in [2.24, 2.45) is 0 Å². The Hall–Kier alpha value is -2.74. The summed E-state index contributed by atoms with van der Waals surface area (Å²) in [5.74, 6) is 0.546. The molecule has 0 saturated heterocycles. The number of rotatable bonds is 5. The molecular formula is C18H20N2O5S. The van der Waals surface area contributed by atoms with E-state index < -0.39 is 15.4 Å². The lowest BCUT2D eigenvalue weighted by Gasteiger charge is -2.17. The van der Waals surface area contributed by atoms with Crippen molar-refractivity contribution in [3.8, 4) is 11.5 Å². The van der Waals surface area contributed by atoms with Crippen LogP contribution in [0.4, 0.5) is 11.4 Å². The predicted molar refractivity (Wildman–Crippen MR) is 98.5 cm³/mol. The first-order valence-electron chi connectivity index (χ1n) is 7.90. The predicted octanol–water partition coefficient (Wildman–Crippen LogP) is 2.73. The van der Waals surface area contributed by atoms with Crippen LogP contribution in [0.15, 0.2) is 41.3 Å². The second-order valence-corrected chi connectivity index (χ2v) is 8.11. The summed E-state index contributed by atoms with van der Waals surface area (Å²) in [5, 5.41) is 2.79. The minimum absolute atomic E-state index is 0.00485. The molecule has 1 aliphatic heterocycles. The molecule has 1 aliphatic rings. The third-order valence-corrected chi connectivity index (χ3v) is 5.84. The standard InChI is InChI=1S/C18H20N2O5S/c1-18(2)13-9-11(5-7-14(13)19-17(18)21)20-26(22,23)16-8-6-12(24-3)10-15(16)25-4/h5-10,20H,1-4H3,(H,19,21). The van der Waals surface area contributed by atoms with Gasteiger partial charge in [-0.25, -0.2) is 8.42 Å². The highest BCUT2D eigenvalue weighted by molar-refractivity contribution is 7.92. The van der Waals surface area contributed by atoms with Gasteiger partial charge in [-0.15, -0.1) is 0 Å². The van der Waals surface area contributed by atoms with E-state index in [9.17, 15) is 13.2 Å². The summed E-state index contributed by atoms with van der Waals surface area (Å²) in [5.41, 5.74) is 1.06. The van der Waals surface area contributed by atoms with Gasteiger partial charge >= 0.3 is 0 Å². The van der Waals surface area contributed by atoms with Crippen LogP contribution in [0, 0.1) is 0 Å². The third kappa shape index (κ3) is 2.96. The van der Waals surface area contributed by atoms with E-state index in [1.807, 2.05) is 0 Å². The fourth-order valence-electron chi connectivity index (χ4n) is 2.84. The number of carbonyl (C=O) groups excluding carboxylic acids is 1. The molecule has 0 aliphatic carbocycles. The maximum atomic E-state index is 12.8. The molecular weight excluding hydrogens is 356 g/mol. The summed E-state index contributed by atoms with van der Waals surface area (Å²) in [4.78, 5) is 12.0. The smallest absolute Gasteiger partial charge is 0.265 e. The average Bonchev–Trinajstić information content (AvgIpc) is 2.83. The van der Waals surface area contributed by atoms with Gasteiger partial charge in [-0.05, 0) is 49.7 Å². The number of hydrogen-bond acceptors (Lipinski definition) is 5. The molecule has 0 fully saturated rings. The average molecular weight is 376 g/mol. The van der Waals surface area contributed by atoms with E-state index in [0.29, 0.717) is 17.1 Å². The van der Waals surface area contributed by atoms with Crippen LogP contribution in [0.2, 0.25) is 0 Å². The van der Waals surface area contributed by atoms with Crippen molar-refractivity contribution in [2.75, 3.05) is 24.3 Å². The van der Waals surface area contributed by atoms with Gasteiger partial charge in [0.25, 0.3) is 10.0 Å². The van der Waals surface area contributed by atoms with Gasteiger partial charge in [-0.2, -0.15) is 0 Å². The highest BCUT2D eigenvalue weighted by Gasteiger charge is 2.38. The molecule has 7 nitrogen and oxygen atoms in total. The Balaban J connectivity index is 1.97. The Bertz CT molecular complexity index is 983. The van der Waals surface area contributed by atoms with Crippen molar-refractivity contribution in [2.45, 2.75) is 24.2 Å². The van der Waals surface area contributed by atoms with Gasteiger partial charge < -0.3 is 14.8 Å². The maximum Gasteiger partial charge on any atom is 0.265 e. The number of carbonyl (C=O) groups is 1. The fourth-order valence-corrected chi connectivity index (χ4v) is 4.04. The summed E-state index contributed by atoms with van der Waals surface area (Å²) < 4.78 is 38.4. The molecule has 3 rings (SSSR count). The molecule has 138 valence electrons. The van der Waals surface area contributed by atoms with Crippen LogP contribution in [-0.4, -0.2) is 28.5 Å². The monoisotopic (exact) mass is 376 g/mol. The molecule has 2 N–H and O–H groups in total. The van der Waals surface area contributed by atoms with Gasteiger partial charge in [0.2, 0.25) is 5.91 Å². The largest absolute Gasteiger partial charge is 0.497 e. The van der Waals surface area contributed by atoms with Crippen LogP contribution < -0.4 is 19.5 Å². The molecule has 2 aromatic carbocycles. The number of nitrogens with one attached hydrogen (secondary N) is 2. The van der Waals surface area contributed by atoms with Crippen LogP contribution in [0.5, 0.6) is 11.5 Å². The molecule has 0 bridgehead atoms. The fraction of sp³-hybridized carbons (Fsp3) is 0.278. The number of methoxy groups -OCH3 is 2. The highest BCUT2D eigenvalue weighted by Crippen LogP contribution is 2.39. The molecule has 0 spiro atoms. The zero-order valence-electron chi connectivity index (χ0n) is 14.9. The van der Waals surface area contributed by atoms with Gasteiger partial charge in [-0.1, -0.05) is 0 Å². The van der Waals surface area contributed by atoms with E-state index in [2.05, 4.69) is 10.0 Å². The number of ether oxygens (including phenoxy) is 2. The van der Waals surface area contributed by atoms with Crippen molar-refractivity contribution in [1.29, 1.82) is 0 Å². The lowest BCUT2D eigenvalue weighted by Crippen LogP contribution is -2.26. The second kappa shape index (κ2) is 6.21. The number of anilines is 2. The van der Waals surface area contributed by atoms with Gasteiger partial charge in [0.05, 0.1) is 19.6 Å². The Labute approximate surface area is 152 Å². The van der Waals surface area contributed by atoms with E-state index in [4.69, 9.17) is 9.47 Å². The molecule has 2 aromatic rings. The molecule has 0 aromatic heterocycles. The van der Waals surface area contributed by atoms with E-state index in [1.165, 1.54) is 26.4 Å². The Morgan fingerprint density at radius 1 is 1.04 bits per heavy atom. The minimum Gasteiger partial charge on any atom is -0.497 e. The van der Waals surface area contributed by atoms with Gasteiger partial charge in [-0.3, -0.25) is 9.52 Å². The van der Waals surface area contributed by atoms with Gasteiger partial charge in [0, 0.05) is 17.4 Å². The molecule has 0 radical (unpaired) electrons. The van der Waals surface area contributed by atoms with Crippen molar-refractivity contribution in [1.82, 2.24) is 0 Å². The zero-order chi connectivity index (χ0) is 19.1. The lowest BCUT2D eigenvalue weighted by molar-refractivity contribution is -0.119. The molecule has 1 amide bonds. The van der Waals surface area contributed by atoms with Crippen molar-refractivity contribution in [3.63, 3.8) is 0 Å². The molecule has 0 unspecified atom stereocenters. The van der Waals surface area contributed by atoms with Crippen molar-refractivity contribution in [3.05, 3.63) is 42.0 Å². The summed E-state index contributed by atoms with van der Waals surface area (Å²) in [6, 6.07) is 9.43. The SMILES string of the molecule is COc1ccc(S(=O)(=O)Nc2ccc3c(c2)C(C)(C)C(=O)N3)c(OC)c1. The van der Waals surface area contributed by atoms with Crippen molar-refractivity contribution >= 4 is 27.3 Å². The number of sulfonamides is 1. The minimum atomic E-state index is -3.89. The van der Waals surface area contributed by atoms with Crippen molar-refractivity contribution < 1.29 is 22.7 Å². The Morgan fingerprint density at radius 2 is 1.77 bits per heavy atom. The van der Waals surface area contributed by atoms with Crippen LogP contribution >= 0.6 is 0 Å². The van der Waals surface area contributed by atoms with Crippen LogP contribution in [0.25, 0.3) is 0 Å². The molecule has 8 heteroatoms. The van der Waals surface area contributed by atoms with Gasteiger partial charge in [0.1, 0.15) is 16.4 Å². The molecule has 26 heavy (non-hydrogen) atoms. The number of benzene rings is 2. The topological polar surface area (TPSA) is 93.7 Å². The molecule has 1 heterocycles. The number of fused-ring (bicyclic) bond motifs is 1. The van der Waals surface area contributed by atoms with E-state index in [-0.39, 0.29) is 16.6 Å². The molecule has 0 saturated carbocycles. The normalized spacial score (nSPS) is 15.2. The maximum absolute atomic E-state index is 12.8. The van der Waals surface area contributed by atoms with E-state index >= 15 is 0 Å². The van der Waals surface area contributed by atoms with Crippen LogP contribution in [0.3, 0.4) is 0 Å². The first kappa shape index (κ1) is 18.1. The second-order valence-electron chi connectivity index (χ2n) is 6.46.